The molecule has 4 rings (SSSR count). The molecule has 0 aliphatic carbocycles. The predicted molar refractivity (Wildman–Crippen MR) is 109 cm³/mol. The number of rotatable bonds is 3. The van der Waals surface area contributed by atoms with Crippen molar-refractivity contribution in [2.75, 3.05) is 13.2 Å². The molecule has 0 N–H and O–H groups in total. The molecule has 3 nitrogen and oxygen atoms in total. The maximum Gasteiger partial charge on any atom is 0.218 e. The lowest BCUT2D eigenvalue weighted by molar-refractivity contribution is 0.259. The molecule has 0 saturated heterocycles. The van der Waals surface area contributed by atoms with Crippen LogP contribution in [0.3, 0.4) is 0 Å². The van der Waals surface area contributed by atoms with E-state index in [0.29, 0.717) is 24.1 Å². The van der Waals surface area contributed by atoms with Gasteiger partial charge in [-0.25, -0.2) is 0 Å². The third-order valence-corrected chi connectivity index (χ3v) is 5.92. The van der Waals surface area contributed by atoms with Crippen LogP contribution in [0.2, 0.25) is 5.02 Å². The molecule has 26 heavy (non-hydrogen) atoms. The van der Waals surface area contributed by atoms with Gasteiger partial charge in [0.25, 0.3) is 0 Å². The number of hydrogen-bond acceptors (Lipinski definition) is 4. The van der Waals surface area contributed by atoms with Crippen molar-refractivity contribution in [1.82, 2.24) is 4.98 Å². The van der Waals surface area contributed by atoms with Crippen LogP contribution in [0.4, 0.5) is 0 Å². The van der Waals surface area contributed by atoms with Crippen LogP contribution >= 0.6 is 22.9 Å². The minimum absolute atomic E-state index is 0.263. The molecule has 0 amide bonds. The van der Waals surface area contributed by atoms with Gasteiger partial charge in [-0.1, -0.05) is 35.9 Å². The Kier molecular flexibility index (Phi) is 4.79. The standard InChI is InChI=1S/C21H19ClN2OS/c1-13-9-23-11-18(22)20(13)21-24-10-17(12-25-21)15-4-6-16(7-5-15)19-8-3-14(2)26-19/h3-9,11,17H,10,12H2,1-2H3. The molecule has 3 aromatic rings. The van der Waals surface area contributed by atoms with Crippen LogP contribution in [-0.2, 0) is 4.74 Å². The number of nitrogens with zero attached hydrogens (tertiary/aromatic N) is 2. The first kappa shape index (κ1) is 17.3. The van der Waals surface area contributed by atoms with Crippen molar-refractivity contribution in [2.45, 2.75) is 19.8 Å². The second kappa shape index (κ2) is 7.22. The highest BCUT2D eigenvalue weighted by atomic mass is 35.5. The summed E-state index contributed by atoms with van der Waals surface area (Å²) in [7, 11) is 0. The molecule has 3 heterocycles. The Bertz CT molecular complexity index is 942. The quantitative estimate of drug-likeness (QED) is 0.587. The van der Waals surface area contributed by atoms with Gasteiger partial charge in [0.1, 0.15) is 0 Å². The van der Waals surface area contributed by atoms with Crippen LogP contribution in [-0.4, -0.2) is 24.0 Å². The summed E-state index contributed by atoms with van der Waals surface area (Å²) in [5.41, 5.74) is 4.34. The number of thiophene rings is 1. The fourth-order valence-electron chi connectivity index (χ4n) is 3.14. The number of ether oxygens (including phenoxy) is 1. The molecule has 0 bridgehead atoms. The van der Waals surface area contributed by atoms with Gasteiger partial charge in [-0.3, -0.25) is 9.98 Å². The summed E-state index contributed by atoms with van der Waals surface area (Å²) in [4.78, 5) is 11.4. The minimum atomic E-state index is 0.263. The van der Waals surface area contributed by atoms with Gasteiger partial charge < -0.3 is 4.74 Å². The minimum Gasteiger partial charge on any atom is -0.477 e. The molecule has 0 radical (unpaired) electrons. The van der Waals surface area contributed by atoms with E-state index in [2.05, 4.69) is 53.3 Å². The van der Waals surface area contributed by atoms with E-state index >= 15 is 0 Å². The van der Waals surface area contributed by atoms with Crippen LogP contribution < -0.4 is 0 Å². The zero-order chi connectivity index (χ0) is 18.1. The lowest BCUT2D eigenvalue weighted by atomic mass is 9.97. The summed E-state index contributed by atoms with van der Waals surface area (Å²) < 4.78 is 5.95. The maximum atomic E-state index is 6.27. The van der Waals surface area contributed by atoms with Crippen molar-refractivity contribution in [3.8, 4) is 10.4 Å². The van der Waals surface area contributed by atoms with Crippen LogP contribution in [0.1, 0.15) is 27.5 Å². The molecular formula is C21H19ClN2OS. The Balaban J connectivity index is 1.52. The highest BCUT2D eigenvalue weighted by Crippen LogP contribution is 2.30. The number of aliphatic imine (C=N–C) groups is 1. The Morgan fingerprint density at radius 3 is 2.50 bits per heavy atom. The van der Waals surface area contributed by atoms with Crippen LogP contribution in [0.25, 0.3) is 10.4 Å². The van der Waals surface area contributed by atoms with Crippen LogP contribution in [0.15, 0.2) is 53.8 Å². The molecule has 132 valence electrons. The average molecular weight is 383 g/mol. The molecule has 5 heteroatoms. The zero-order valence-corrected chi connectivity index (χ0v) is 16.3. The largest absolute Gasteiger partial charge is 0.477 e. The van der Waals surface area contributed by atoms with Crippen molar-refractivity contribution >= 4 is 28.8 Å². The summed E-state index contributed by atoms with van der Waals surface area (Å²) in [6.45, 7) is 5.41. The first-order chi connectivity index (χ1) is 12.6. The van der Waals surface area contributed by atoms with Gasteiger partial charge in [0.05, 0.1) is 23.7 Å². The number of hydrogen-bond donors (Lipinski definition) is 0. The second-order valence-corrected chi connectivity index (χ2v) is 8.19. The van der Waals surface area contributed by atoms with E-state index in [9.17, 15) is 0 Å². The molecule has 2 aromatic heterocycles. The van der Waals surface area contributed by atoms with Gasteiger partial charge >= 0.3 is 0 Å². The van der Waals surface area contributed by atoms with Crippen molar-refractivity contribution in [3.63, 3.8) is 0 Å². The van der Waals surface area contributed by atoms with E-state index < -0.39 is 0 Å². The molecule has 1 aliphatic heterocycles. The van der Waals surface area contributed by atoms with E-state index in [4.69, 9.17) is 16.3 Å². The topological polar surface area (TPSA) is 34.5 Å². The highest BCUT2D eigenvalue weighted by molar-refractivity contribution is 7.15. The Hall–Kier alpha value is -2.17. The summed E-state index contributed by atoms with van der Waals surface area (Å²) in [6.07, 6.45) is 3.41. The van der Waals surface area contributed by atoms with Crippen LogP contribution in [0.5, 0.6) is 0 Å². The third-order valence-electron chi connectivity index (χ3n) is 4.59. The molecule has 0 spiro atoms. The molecule has 1 atom stereocenters. The van der Waals surface area contributed by atoms with E-state index in [0.717, 1.165) is 11.1 Å². The van der Waals surface area contributed by atoms with Gasteiger partial charge in [-0.15, -0.1) is 11.3 Å². The van der Waals surface area contributed by atoms with E-state index in [1.165, 1.54) is 20.9 Å². The predicted octanol–water partition coefficient (Wildman–Crippen LogP) is 5.64. The van der Waals surface area contributed by atoms with Gasteiger partial charge in [0.15, 0.2) is 0 Å². The molecule has 0 saturated carbocycles. The summed E-state index contributed by atoms with van der Waals surface area (Å²) >= 11 is 8.09. The molecular weight excluding hydrogens is 364 g/mol. The summed E-state index contributed by atoms with van der Waals surface area (Å²) in [5, 5.41) is 0.581. The van der Waals surface area contributed by atoms with Gasteiger partial charge in [-0.05, 0) is 42.7 Å². The van der Waals surface area contributed by atoms with Gasteiger partial charge in [-0.2, -0.15) is 0 Å². The fraction of sp³-hybridized carbons (Fsp3) is 0.238. The number of pyridine rings is 1. The summed E-state index contributed by atoms with van der Waals surface area (Å²) in [5.74, 6) is 0.885. The first-order valence-corrected chi connectivity index (χ1v) is 9.76. The Morgan fingerprint density at radius 2 is 1.88 bits per heavy atom. The number of halogens is 1. The SMILES string of the molecule is Cc1ccc(-c2ccc(C3CN=C(c4c(C)cncc4Cl)OC3)cc2)s1. The molecule has 1 aromatic carbocycles. The normalized spacial score (nSPS) is 16.9. The number of aromatic nitrogens is 1. The first-order valence-electron chi connectivity index (χ1n) is 8.56. The Morgan fingerprint density at radius 1 is 1.08 bits per heavy atom. The smallest absolute Gasteiger partial charge is 0.218 e. The maximum absolute atomic E-state index is 6.27. The molecule has 1 unspecified atom stereocenters. The van der Waals surface area contributed by atoms with E-state index in [1.807, 2.05) is 18.3 Å². The van der Waals surface area contributed by atoms with E-state index in [1.54, 1.807) is 12.4 Å². The monoisotopic (exact) mass is 382 g/mol. The fourth-order valence-corrected chi connectivity index (χ4v) is 4.30. The molecule has 1 aliphatic rings. The van der Waals surface area contributed by atoms with Crippen molar-refractivity contribution in [3.05, 3.63) is 75.4 Å². The van der Waals surface area contributed by atoms with Gasteiger partial charge in [0.2, 0.25) is 5.90 Å². The van der Waals surface area contributed by atoms with Crippen molar-refractivity contribution < 1.29 is 4.74 Å². The highest BCUT2D eigenvalue weighted by Gasteiger charge is 2.22. The van der Waals surface area contributed by atoms with Gasteiger partial charge in [0, 0.05) is 28.1 Å². The number of aryl methyl sites for hydroxylation is 2. The lowest BCUT2D eigenvalue weighted by Crippen LogP contribution is -2.23. The third kappa shape index (κ3) is 3.39. The number of benzene rings is 1. The van der Waals surface area contributed by atoms with Crippen molar-refractivity contribution in [1.29, 1.82) is 0 Å². The Labute approximate surface area is 162 Å². The average Bonchev–Trinajstić information content (AvgIpc) is 3.09. The van der Waals surface area contributed by atoms with Crippen LogP contribution in [0, 0.1) is 13.8 Å². The van der Waals surface area contributed by atoms with Crippen molar-refractivity contribution in [2.24, 2.45) is 4.99 Å². The molecule has 0 fully saturated rings. The zero-order valence-electron chi connectivity index (χ0n) is 14.7. The van der Waals surface area contributed by atoms with E-state index in [-0.39, 0.29) is 5.92 Å². The lowest BCUT2D eigenvalue weighted by Gasteiger charge is -2.23. The summed E-state index contributed by atoms with van der Waals surface area (Å²) in [6, 6.07) is 13.1. The second-order valence-electron chi connectivity index (χ2n) is 6.50.